The van der Waals surface area contributed by atoms with Gasteiger partial charge in [-0.25, -0.2) is 9.59 Å². The predicted octanol–water partition coefficient (Wildman–Crippen LogP) is -0.138. The van der Waals surface area contributed by atoms with E-state index >= 15 is 0 Å². The molecule has 5 heteroatoms. The average Bonchev–Trinajstić information content (AvgIpc) is 2.04. The monoisotopic (exact) mass is 190 g/mol. The van der Waals surface area contributed by atoms with E-state index in [2.05, 4.69) is 9.47 Å². The van der Waals surface area contributed by atoms with E-state index < -0.39 is 24.1 Å². The highest BCUT2D eigenvalue weighted by molar-refractivity contribution is 5.80. The minimum atomic E-state index is -1.23. The van der Waals surface area contributed by atoms with Gasteiger partial charge in [0.2, 0.25) is 0 Å². The van der Waals surface area contributed by atoms with Crippen molar-refractivity contribution < 1.29 is 24.2 Å². The first kappa shape index (κ1) is 11.9. The van der Waals surface area contributed by atoms with Crippen LogP contribution in [-0.2, 0) is 19.1 Å². The second-order valence-electron chi connectivity index (χ2n) is 2.51. The van der Waals surface area contributed by atoms with E-state index in [1.54, 1.807) is 6.92 Å². The second-order valence-corrected chi connectivity index (χ2v) is 2.51. The fourth-order valence-electron chi connectivity index (χ4n) is 0.580. The Morgan fingerprint density at radius 1 is 1.31 bits per heavy atom. The van der Waals surface area contributed by atoms with Crippen LogP contribution in [0, 0.1) is 0 Å². The molecular formula is C8H14O5. The Morgan fingerprint density at radius 2 is 1.85 bits per heavy atom. The molecule has 0 amide bonds. The minimum absolute atomic E-state index is 0.232. The van der Waals surface area contributed by atoms with Gasteiger partial charge in [-0.3, -0.25) is 0 Å². The topological polar surface area (TPSA) is 72.8 Å². The van der Waals surface area contributed by atoms with Crippen molar-refractivity contribution in [3.8, 4) is 0 Å². The van der Waals surface area contributed by atoms with E-state index in [-0.39, 0.29) is 6.61 Å². The van der Waals surface area contributed by atoms with Crippen LogP contribution in [0.3, 0.4) is 0 Å². The molecule has 0 heterocycles. The van der Waals surface area contributed by atoms with E-state index in [0.29, 0.717) is 0 Å². The summed E-state index contributed by atoms with van der Waals surface area (Å²) in [6, 6.07) is 0. The Labute approximate surface area is 76.6 Å². The largest absolute Gasteiger partial charge is 0.463 e. The summed E-state index contributed by atoms with van der Waals surface area (Å²) in [6.45, 7) is 4.54. The first-order valence-electron chi connectivity index (χ1n) is 4.04. The Morgan fingerprint density at radius 3 is 2.23 bits per heavy atom. The zero-order valence-corrected chi connectivity index (χ0v) is 7.94. The molecule has 0 rings (SSSR count). The Hall–Kier alpha value is -1.10. The second kappa shape index (κ2) is 5.53. The quantitative estimate of drug-likeness (QED) is 0.625. The molecular weight excluding hydrogens is 176 g/mol. The van der Waals surface area contributed by atoms with Crippen LogP contribution in [0.5, 0.6) is 0 Å². The Balaban J connectivity index is 3.92. The van der Waals surface area contributed by atoms with E-state index in [4.69, 9.17) is 5.11 Å². The summed E-state index contributed by atoms with van der Waals surface area (Å²) >= 11 is 0. The normalized spacial score (nSPS) is 14.5. The summed E-state index contributed by atoms with van der Waals surface area (Å²) in [4.78, 5) is 21.7. The van der Waals surface area contributed by atoms with Crippen LogP contribution in [0.4, 0.5) is 0 Å². The van der Waals surface area contributed by atoms with E-state index in [0.717, 1.165) is 0 Å². The van der Waals surface area contributed by atoms with Gasteiger partial charge >= 0.3 is 11.9 Å². The highest BCUT2D eigenvalue weighted by Crippen LogP contribution is 1.97. The van der Waals surface area contributed by atoms with Gasteiger partial charge in [-0.2, -0.15) is 0 Å². The molecule has 0 aliphatic carbocycles. The zero-order valence-electron chi connectivity index (χ0n) is 7.94. The van der Waals surface area contributed by atoms with Crippen LogP contribution < -0.4 is 0 Å². The summed E-state index contributed by atoms with van der Waals surface area (Å²) < 4.78 is 9.15. The lowest BCUT2D eigenvalue weighted by molar-refractivity contribution is -0.171. The van der Waals surface area contributed by atoms with Crippen LogP contribution in [0.25, 0.3) is 0 Å². The van der Waals surface area contributed by atoms with Crippen molar-refractivity contribution >= 4 is 11.9 Å². The number of ether oxygens (including phenoxy) is 2. The average molecular weight is 190 g/mol. The smallest absolute Gasteiger partial charge is 0.347 e. The molecule has 0 aromatic carbocycles. The van der Waals surface area contributed by atoms with Gasteiger partial charge in [0.05, 0.1) is 6.61 Å². The predicted molar refractivity (Wildman–Crippen MR) is 43.9 cm³/mol. The van der Waals surface area contributed by atoms with Gasteiger partial charge in [-0.1, -0.05) is 0 Å². The van der Waals surface area contributed by atoms with Crippen molar-refractivity contribution in [2.24, 2.45) is 0 Å². The summed E-state index contributed by atoms with van der Waals surface area (Å²) in [7, 11) is 0. The van der Waals surface area contributed by atoms with Crippen LogP contribution in [0.1, 0.15) is 20.8 Å². The van der Waals surface area contributed by atoms with E-state index in [9.17, 15) is 9.59 Å². The van der Waals surface area contributed by atoms with Crippen LogP contribution in [-0.4, -0.2) is 35.9 Å². The van der Waals surface area contributed by atoms with Crippen molar-refractivity contribution in [1.82, 2.24) is 0 Å². The highest BCUT2D eigenvalue weighted by Gasteiger charge is 2.20. The summed E-state index contributed by atoms with van der Waals surface area (Å²) in [5.41, 5.74) is 0. The van der Waals surface area contributed by atoms with Gasteiger partial charge in [0.15, 0.2) is 6.10 Å². The molecule has 0 bridgehead atoms. The number of esters is 2. The maximum Gasteiger partial charge on any atom is 0.347 e. The Kier molecular flexibility index (Phi) is 5.06. The lowest BCUT2D eigenvalue weighted by Gasteiger charge is -2.12. The fourth-order valence-corrected chi connectivity index (χ4v) is 0.580. The summed E-state index contributed by atoms with van der Waals surface area (Å²) in [5.74, 6) is -1.45. The number of hydrogen-bond acceptors (Lipinski definition) is 5. The molecule has 0 aromatic rings. The number of carbonyl (C=O) groups excluding carboxylic acids is 2. The van der Waals surface area contributed by atoms with Gasteiger partial charge in [-0.05, 0) is 20.8 Å². The molecule has 0 aliphatic heterocycles. The van der Waals surface area contributed by atoms with Crippen LogP contribution in [0.2, 0.25) is 0 Å². The maximum absolute atomic E-state index is 10.9. The van der Waals surface area contributed by atoms with Crippen molar-refractivity contribution in [2.75, 3.05) is 6.61 Å². The van der Waals surface area contributed by atoms with Crippen LogP contribution in [0.15, 0.2) is 0 Å². The molecule has 1 N–H and O–H groups in total. The molecule has 5 nitrogen and oxygen atoms in total. The van der Waals surface area contributed by atoms with E-state index in [1.807, 2.05) is 0 Å². The molecule has 0 saturated heterocycles. The molecule has 0 radical (unpaired) electrons. The van der Waals surface area contributed by atoms with Crippen molar-refractivity contribution in [2.45, 2.75) is 33.0 Å². The number of aliphatic hydroxyl groups is 1. The number of aliphatic hydroxyl groups excluding tert-OH is 1. The maximum atomic E-state index is 10.9. The van der Waals surface area contributed by atoms with E-state index in [1.165, 1.54) is 13.8 Å². The molecule has 0 spiro atoms. The van der Waals surface area contributed by atoms with Crippen molar-refractivity contribution in [3.63, 3.8) is 0 Å². The number of rotatable bonds is 4. The molecule has 76 valence electrons. The summed E-state index contributed by atoms with van der Waals surface area (Å²) in [5, 5.41) is 8.75. The lowest BCUT2D eigenvalue weighted by Crippen LogP contribution is -2.30. The fraction of sp³-hybridized carbons (Fsp3) is 0.750. The standard InChI is InChI=1S/C8H14O5/c1-4-12-8(11)6(3)13-7(10)5(2)9/h5-6,9H,4H2,1-3H3/t5?,6-/m0/s1. The first-order valence-corrected chi connectivity index (χ1v) is 4.04. The Bertz CT molecular complexity index is 187. The third-order valence-corrected chi connectivity index (χ3v) is 1.25. The molecule has 2 atom stereocenters. The third kappa shape index (κ3) is 4.47. The van der Waals surface area contributed by atoms with Crippen molar-refractivity contribution in [1.29, 1.82) is 0 Å². The molecule has 1 unspecified atom stereocenters. The molecule has 13 heavy (non-hydrogen) atoms. The highest BCUT2D eigenvalue weighted by atomic mass is 16.6. The van der Waals surface area contributed by atoms with Crippen LogP contribution >= 0.6 is 0 Å². The first-order chi connectivity index (χ1) is 5.99. The number of carbonyl (C=O) groups is 2. The third-order valence-electron chi connectivity index (χ3n) is 1.25. The number of hydrogen-bond donors (Lipinski definition) is 1. The van der Waals surface area contributed by atoms with Crippen molar-refractivity contribution in [3.05, 3.63) is 0 Å². The molecule has 0 aromatic heterocycles. The van der Waals surface area contributed by atoms with Gasteiger partial charge in [0.1, 0.15) is 6.10 Å². The molecule has 0 saturated carbocycles. The van der Waals surface area contributed by atoms with Gasteiger partial charge in [0, 0.05) is 0 Å². The summed E-state index contributed by atoms with van der Waals surface area (Å²) in [6.07, 6.45) is -2.20. The zero-order chi connectivity index (χ0) is 10.4. The SMILES string of the molecule is CCOC(=O)[C@H](C)OC(=O)C(C)O. The minimum Gasteiger partial charge on any atom is -0.463 e. The van der Waals surface area contributed by atoms with Gasteiger partial charge < -0.3 is 14.6 Å². The molecule has 0 aliphatic rings. The van der Waals surface area contributed by atoms with Gasteiger partial charge in [-0.15, -0.1) is 0 Å². The lowest BCUT2D eigenvalue weighted by atomic mass is 10.4. The van der Waals surface area contributed by atoms with Gasteiger partial charge in [0.25, 0.3) is 0 Å². The molecule has 0 fully saturated rings.